The van der Waals surface area contributed by atoms with E-state index in [-0.39, 0.29) is 24.4 Å². The molecule has 0 radical (unpaired) electrons. The molecule has 140 valence electrons. The number of aliphatic hydroxyl groups is 2. The Balaban J connectivity index is 1.65. The zero-order valence-corrected chi connectivity index (χ0v) is 14.3. The summed E-state index contributed by atoms with van der Waals surface area (Å²) in [4.78, 5) is 4.03. The molecule has 3 fully saturated rings. The van der Waals surface area contributed by atoms with Crippen LogP contribution in [-0.4, -0.2) is 102 Å². The van der Waals surface area contributed by atoms with Crippen LogP contribution < -0.4 is 27.4 Å². The molecule has 0 bridgehead atoms. The maximum atomic E-state index is 10.5. The second-order valence-corrected chi connectivity index (χ2v) is 7.03. The SMILES string of the molecule is CC(CN)N(C)C[C@H]1O[C@@H](N2CNC3C(N)NCNC32)[C@H](O)[C@@H]1O. The quantitative estimate of drug-likeness (QED) is 0.261. The molecule has 0 aliphatic carbocycles. The van der Waals surface area contributed by atoms with Crippen LogP contribution >= 0.6 is 0 Å². The molecule has 0 saturated carbocycles. The van der Waals surface area contributed by atoms with Crippen molar-refractivity contribution < 1.29 is 14.9 Å². The molecule has 0 spiro atoms. The largest absolute Gasteiger partial charge is 0.387 e. The van der Waals surface area contributed by atoms with E-state index in [0.29, 0.717) is 26.4 Å². The molecule has 0 aromatic carbocycles. The molecular weight excluding hydrogens is 314 g/mol. The monoisotopic (exact) mass is 345 g/mol. The van der Waals surface area contributed by atoms with Gasteiger partial charge in [-0.25, -0.2) is 4.90 Å². The second-order valence-electron chi connectivity index (χ2n) is 7.03. The molecule has 4 unspecified atom stereocenters. The van der Waals surface area contributed by atoms with Crippen molar-refractivity contribution in [3.63, 3.8) is 0 Å². The smallest absolute Gasteiger partial charge is 0.142 e. The predicted octanol–water partition coefficient (Wildman–Crippen LogP) is -4.30. The lowest BCUT2D eigenvalue weighted by molar-refractivity contribution is -0.107. The molecule has 10 heteroatoms. The zero-order valence-electron chi connectivity index (χ0n) is 14.3. The fraction of sp³-hybridized carbons (Fsp3) is 1.00. The van der Waals surface area contributed by atoms with Crippen LogP contribution in [-0.2, 0) is 4.74 Å². The first-order valence-electron chi connectivity index (χ1n) is 8.57. The molecule has 3 aliphatic heterocycles. The Morgan fingerprint density at radius 1 is 1.29 bits per heavy atom. The zero-order chi connectivity index (χ0) is 17.4. The van der Waals surface area contributed by atoms with Gasteiger partial charge in [-0.1, -0.05) is 0 Å². The summed E-state index contributed by atoms with van der Waals surface area (Å²) in [6, 6.07) is 0.199. The Bertz CT molecular complexity index is 431. The highest BCUT2D eigenvalue weighted by atomic mass is 16.6. The van der Waals surface area contributed by atoms with E-state index in [2.05, 4.69) is 16.0 Å². The predicted molar refractivity (Wildman–Crippen MR) is 88.4 cm³/mol. The van der Waals surface area contributed by atoms with Crippen LogP contribution in [0, 0.1) is 0 Å². The van der Waals surface area contributed by atoms with Crippen molar-refractivity contribution >= 4 is 0 Å². The number of nitrogens with two attached hydrogens (primary N) is 2. The first-order valence-corrected chi connectivity index (χ1v) is 8.57. The van der Waals surface area contributed by atoms with Crippen molar-refractivity contribution in [1.82, 2.24) is 25.8 Å². The lowest BCUT2D eigenvalue weighted by Crippen LogP contribution is -2.68. The molecular formula is C14H31N7O3. The summed E-state index contributed by atoms with van der Waals surface area (Å²) >= 11 is 0. The second kappa shape index (κ2) is 7.46. The number of aliphatic hydroxyl groups excluding tert-OH is 2. The summed E-state index contributed by atoms with van der Waals surface area (Å²) in [6.07, 6.45) is -3.16. The fourth-order valence-electron chi connectivity index (χ4n) is 3.65. The summed E-state index contributed by atoms with van der Waals surface area (Å²) in [5.41, 5.74) is 11.8. The van der Waals surface area contributed by atoms with E-state index in [0.717, 1.165) is 0 Å². The molecule has 3 rings (SSSR count). The molecule has 10 nitrogen and oxygen atoms in total. The summed E-state index contributed by atoms with van der Waals surface area (Å²) in [6.45, 7) is 4.18. The van der Waals surface area contributed by atoms with E-state index >= 15 is 0 Å². The van der Waals surface area contributed by atoms with Crippen molar-refractivity contribution in [3.05, 3.63) is 0 Å². The third-order valence-electron chi connectivity index (χ3n) is 5.47. The first kappa shape index (κ1) is 18.4. The van der Waals surface area contributed by atoms with Crippen LogP contribution in [0.3, 0.4) is 0 Å². The Hall–Kier alpha value is -0.400. The molecule has 9 N–H and O–H groups in total. The number of nitrogens with one attached hydrogen (secondary N) is 3. The number of likely N-dealkylation sites (N-methyl/N-ethyl adjacent to an activating group) is 1. The van der Waals surface area contributed by atoms with Gasteiger partial charge in [0.15, 0.2) is 0 Å². The van der Waals surface area contributed by atoms with Crippen LogP contribution in [0.2, 0.25) is 0 Å². The minimum Gasteiger partial charge on any atom is -0.387 e. The number of hydrogen-bond acceptors (Lipinski definition) is 10. The molecule has 3 aliphatic rings. The van der Waals surface area contributed by atoms with Crippen molar-refractivity contribution in [1.29, 1.82) is 0 Å². The highest BCUT2D eigenvalue weighted by Crippen LogP contribution is 2.28. The summed E-state index contributed by atoms with van der Waals surface area (Å²) in [5, 5.41) is 30.7. The lowest BCUT2D eigenvalue weighted by Gasteiger charge is -2.38. The van der Waals surface area contributed by atoms with Crippen LogP contribution in [0.25, 0.3) is 0 Å². The average Bonchev–Trinajstić information content (AvgIpc) is 3.11. The molecule has 24 heavy (non-hydrogen) atoms. The van der Waals surface area contributed by atoms with E-state index in [4.69, 9.17) is 16.2 Å². The average molecular weight is 345 g/mol. The number of fused-ring (bicyclic) bond motifs is 1. The number of nitrogens with zero attached hydrogens (tertiary/aromatic N) is 2. The maximum Gasteiger partial charge on any atom is 0.142 e. The summed E-state index contributed by atoms with van der Waals surface area (Å²) < 4.78 is 6.02. The Labute approximate surface area is 142 Å². The van der Waals surface area contributed by atoms with Crippen molar-refractivity contribution in [2.45, 2.75) is 55.9 Å². The van der Waals surface area contributed by atoms with Gasteiger partial charge in [0.1, 0.15) is 24.5 Å². The summed E-state index contributed by atoms with van der Waals surface area (Å²) in [5.74, 6) is 0. The van der Waals surface area contributed by atoms with Gasteiger partial charge in [-0.15, -0.1) is 0 Å². The number of rotatable bonds is 5. The van der Waals surface area contributed by atoms with Crippen molar-refractivity contribution in [2.75, 3.05) is 33.5 Å². The normalized spacial score (nSPS) is 44.9. The molecule has 3 saturated heterocycles. The molecule has 3 heterocycles. The fourth-order valence-corrected chi connectivity index (χ4v) is 3.65. The van der Waals surface area contributed by atoms with Crippen LogP contribution in [0.4, 0.5) is 0 Å². The van der Waals surface area contributed by atoms with Gasteiger partial charge in [0.25, 0.3) is 0 Å². The molecule has 8 atom stereocenters. The lowest BCUT2D eigenvalue weighted by atomic mass is 10.1. The topological polar surface area (TPSA) is 144 Å². The van der Waals surface area contributed by atoms with Gasteiger partial charge >= 0.3 is 0 Å². The van der Waals surface area contributed by atoms with E-state index < -0.39 is 24.5 Å². The number of hydrogen-bond donors (Lipinski definition) is 7. The third-order valence-corrected chi connectivity index (χ3v) is 5.47. The van der Waals surface area contributed by atoms with Crippen molar-refractivity contribution in [2.24, 2.45) is 11.5 Å². The van der Waals surface area contributed by atoms with E-state index in [9.17, 15) is 10.2 Å². The maximum absolute atomic E-state index is 10.5. The minimum atomic E-state index is -0.968. The summed E-state index contributed by atoms with van der Waals surface area (Å²) in [7, 11) is 1.94. The third kappa shape index (κ3) is 3.31. The van der Waals surface area contributed by atoms with Crippen LogP contribution in [0.5, 0.6) is 0 Å². The standard InChI is InChI=1S/C14H31N7O3/c1-7(3-15)20(2)4-8-10(22)11(23)14(24-8)21-6-19-9-12(16)17-5-18-13(9)21/h7-14,17-19,22-23H,3-6,15-16H2,1-2H3/t7?,8-,9?,10-,11-,12?,13?,14-/m1/s1. The van der Waals surface area contributed by atoms with Gasteiger partial charge in [0.05, 0.1) is 25.0 Å². The first-order chi connectivity index (χ1) is 11.4. The van der Waals surface area contributed by atoms with E-state index in [1.54, 1.807) is 0 Å². The highest BCUT2D eigenvalue weighted by molar-refractivity contribution is 5.01. The number of ether oxygens (including phenoxy) is 1. The minimum absolute atomic E-state index is 0.0191. The molecule has 0 amide bonds. The van der Waals surface area contributed by atoms with Gasteiger partial charge in [-0.2, -0.15) is 0 Å². The molecule has 0 aromatic heterocycles. The van der Waals surface area contributed by atoms with Gasteiger partial charge in [0.2, 0.25) is 0 Å². The van der Waals surface area contributed by atoms with Crippen molar-refractivity contribution in [3.8, 4) is 0 Å². The molecule has 0 aromatic rings. The van der Waals surface area contributed by atoms with Gasteiger partial charge in [-0.05, 0) is 14.0 Å². The van der Waals surface area contributed by atoms with E-state index in [1.807, 2.05) is 23.8 Å². The van der Waals surface area contributed by atoms with Crippen LogP contribution in [0.15, 0.2) is 0 Å². The Morgan fingerprint density at radius 2 is 2.04 bits per heavy atom. The van der Waals surface area contributed by atoms with Crippen LogP contribution in [0.1, 0.15) is 6.92 Å². The van der Waals surface area contributed by atoms with E-state index in [1.165, 1.54) is 0 Å². The highest BCUT2D eigenvalue weighted by Gasteiger charge is 2.51. The van der Waals surface area contributed by atoms with Gasteiger partial charge in [-0.3, -0.25) is 20.9 Å². The Morgan fingerprint density at radius 3 is 2.75 bits per heavy atom. The van der Waals surface area contributed by atoms with Gasteiger partial charge < -0.3 is 26.4 Å². The van der Waals surface area contributed by atoms with Gasteiger partial charge in [0, 0.05) is 25.8 Å². The Kier molecular flexibility index (Phi) is 5.72.